The van der Waals surface area contributed by atoms with E-state index in [1.165, 1.54) is 6.92 Å². The first-order valence-corrected chi connectivity index (χ1v) is 9.08. The lowest BCUT2D eigenvalue weighted by Gasteiger charge is -2.12. The molecule has 154 valence electrons. The highest BCUT2D eigenvalue weighted by molar-refractivity contribution is 6.34. The Morgan fingerprint density at radius 1 is 0.933 bits per heavy atom. The second-order valence-corrected chi connectivity index (χ2v) is 6.75. The normalized spacial score (nSPS) is 11.1. The van der Waals surface area contributed by atoms with Crippen molar-refractivity contribution in [2.45, 2.75) is 13.1 Å². The fourth-order valence-corrected chi connectivity index (χ4v) is 2.94. The van der Waals surface area contributed by atoms with E-state index >= 15 is 0 Å². The summed E-state index contributed by atoms with van der Waals surface area (Å²) in [5.41, 5.74) is 0.992. The summed E-state index contributed by atoms with van der Waals surface area (Å²) in [5.74, 6) is -0.546. The summed E-state index contributed by atoms with van der Waals surface area (Å²) >= 11 is 5.89. The predicted molar refractivity (Wildman–Crippen MR) is 108 cm³/mol. The van der Waals surface area contributed by atoms with Gasteiger partial charge in [0.05, 0.1) is 16.3 Å². The van der Waals surface area contributed by atoms with Gasteiger partial charge in [0.1, 0.15) is 5.75 Å². The molecule has 3 aromatic carbocycles. The second-order valence-electron chi connectivity index (χ2n) is 6.35. The number of halogens is 4. The summed E-state index contributed by atoms with van der Waals surface area (Å²) in [4.78, 5) is 23.6. The van der Waals surface area contributed by atoms with E-state index in [0.717, 1.165) is 29.3 Å². The molecule has 1 amide bonds. The van der Waals surface area contributed by atoms with Crippen molar-refractivity contribution >= 4 is 29.2 Å². The largest absolute Gasteiger partial charge is 0.427 e. The minimum atomic E-state index is -4.52. The highest BCUT2D eigenvalue weighted by Gasteiger charge is 2.31. The molecule has 0 unspecified atom stereocenters. The van der Waals surface area contributed by atoms with E-state index in [9.17, 15) is 22.8 Å². The number of hydrogen-bond donors (Lipinski definition) is 1. The maximum absolute atomic E-state index is 12.7. The number of ether oxygens (including phenoxy) is 1. The summed E-state index contributed by atoms with van der Waals surface area (Å²) in [5, 5.41) is 2.31. The van der Waals surface area contributed by atoms with E-state index in [1.54, 1.807) is 48.5 Å². The van der Waals surface area contributed by atoms with Gasteiger partial charge in [-0.05, 0) is 53.6 Å². The summed E-state index contributed by atoms with van der Waals surface area (Å²) in [6.07, 6.45) is -4.52. The summed E-state index contributed by atoms with van der Waals surface area (Å²) < 4.78 is 43.2. The van der Waals surface area contributed by atoms with E-state index in [-0.39, 0.29) is 10.7 Å². The topological polar surface area (TPSA) is 55.4 Å². The molecule has 0 fully saturated rings. The number of nitrogens with one attached hydrogen (secondary N) is 1. The van der Waals surface area contributed by atoms with Crippen molar-refractivity contribution in [1.82, 2.24) is 0 Å². The Labute approximate surface area is 175 Å². The Morgan fingerprint density at radius 3 is 2.23 bits per heavy atom. The van der Waals surface area contributed by atoms with Gasteiger partial charge in [-0.3, -0.25) is 9.59 Å². The molecular weight excluding hydrogens is 419 g/mol. The zero-order chi connectivity index (χ0) is 21.9. The molecule has 0 aliphatic rings. The number of esters is 1. The highest BCUT2D eigenvalue weighted by Crippen LogP contribution is 2.34. The van der Waals surface area contributed by atoms with Gasteiger partial charge in [0.2, 0.25) is 0 Å². The third kappa shape index (κ3) is 5.18. The first-order chi connectivity index (χ1) is 14.1. The fourth-order valence-electron chi connectivity index (χ4n) is 2.71. The lowest BCUT2D eigenvalue weighted by molar-refractivity contribution is -0.137. The van der Waals surface area contributed by atoms with Gasteiger partial charge in [-0.25, -0.2) is 0 Å². The minimum Gasteiger partial charge on any atom is -0.427 e. The summed E-state index contributed by atoms with van der Waals surface area (Å²) in [6, 6.07) is 16.1. The maximum atomic E-state index is 12.7. The maximum Gasteiger partial charge on any atom is 0.416 e. The molecule has 8 heteroatoms. The van der Waals surface area contributed by atoms with Crippen molar-refractivity contribution in [3.05, 3.63) is 82.9 Å². The van der Waals surface area contributed by atoms with Crippen LogP contribution in [0.3, 0.4) is 0 Å². The van der Waals surface area contributed by atoms with Crippen molar-refractivity contribution in [1.29, 1.82) is 0 Å². The van der Waals surface area contributed by atoms with Crippen molar-refractivity contribution in [3.8, 4) is 16.9 Å². The van der Waals surface area contributed by atoms with Gasteiger partial charge >= 0.3 is 12.1 Å². The molecule has 0 aromatic heterocycles. The first kappa shape index (κ1) is 21.4. The number of rotatable bonds is 4. The van der Waals surface area contributed by atoms with Crippen LogP contribution >= 0.6 is 11.6 Å². The van der Waals surface area contributed by atoms with Crippen LogP contribution in [-0.2, 0) is 11.0 Å². The van der Waals surface area contributed by atoms with Crippen LogP contribution in [0.15, 0.2) is 66.7 Å². The van der Waals surface area contributed by atoms with Crippen LogP contribution in [0.1, 0.15) is 22.8 Å². The molecule has 0 aliphatic heterocycles. The van der Waals surface area contributed by atoms with Crippen LogP contribution in [0.25, 0.3) is 11.1 Å². The van der Waals surface area contributed by atoms with Gasteiger partial charge < -0.3 is 10.1 Å². The molecule has 30 heavy (non-hydrogen) atoms. The number of carbonyl (C=O) groups excluding carboxylic acids is 2. The Bertz CT molecular complexity index is 1100. The monoisotopic (exact) mass is 433 g/mol. The molecule has 0 aliphatic carbocycles. The second kappa shape index (κ2) is 8.59. The molecule has 0 radical (unpaired) electrons. The van der Waals surface area contributed by atoms with Crippen LogP contribution in [0, 0.1) is 0 Å². The molecule has 0 spiro atoms. The van der Waals surface area contributed by atoms with Gasteiger partial charge in [-0.2, -0.15) is 13.2 Å². The Kier molecular flexibility index (Phi) is 6.12. The molecule has 4 nitrogen and oxygen atoms in total. The molecule has 3 aromatic rings. The Balaban J connectivity index is 1.79. The van der Waals surface area contributed by atoms with E-state index in [2.05, 4.69) is 5.32 Å². The predicted octanol–water partition coefficient (Wildman–Crippen LogP) is 6.20. The van der Waals surface area contributed by atoms with Crippen LogP contribution in [0.5, 0.6) is 5.75 Å². The molecular formula is C22H15ClF3NO3. The number of anilines is 1. The lowest BCUT2D eigenvalue weighted by atomic mass is 10.0. The van der Waals surface area contributed by atoms with Crippen molar-refractivity contribution in [2.24, 2.45) is 0 Å². The number of amides is 1. The molecule has 1 N–H and O–H groups in total. The van der Waals surface area contributed by atoms with Gasteiger partial charge in [-0.1, -0.05) is 35.9 Å². The minimum absolute atomic E-state index is 0.0748. The number of hydrogen-bond acceptors (Lipinski definition) is 3. The van der Waals surface area contributed by atoms with Crippen LogP contribution in [0.4, 0.5) is 18.9 Å². The molecule has 0 heterocycles. The summed E-state index contributed by atoms with van der Waals surface area (Å²) in [7, 11) is 0. The van der Waals surface area contributed by atoms with Crippen LogP contribution < -0.4 is 10.1 Å². The Hall–Kier alpha value is -3.32. The van der Waals surface area contributed by atoms with Crippen molar-refractivity contribution < 1.29 is 27.5 Å². The molecule has 0 saturated heterocycles. The van der Waals surface area contributed by atoms with Crippen molar-refractivity contribution in [2.75, 3.05) is 5.32 Å². The van der Waals surface area contributed by atoms with Gasteiger partial charge in [0, 0.05) is 12.5 Å². The molecule has 0 saturated carbocycles. The van der Waals surface area contributed by atoms with Gasteiger partial charge in [-0.15, -0.1) is 0 Å². The standard InChI is InChI=1S/C22H15ClF3NO3/c1-13(28)30-18-8-5-14(6-9-18)15-3-2-4-16(11-15)21(29)27-20-10-7-17(12-19(20)23)22(24,25)26/h2-12H,1H3,(H,27,29). The zero-order valence-electron chi connectivity index (χ0n) is 15.6. The molecule has 3 rings (SSSR count). The third-order valence-electron chi connectivity index (χ3n) is 4.12. The first-order valence-electron chi connectivity index (χ1n) is 8.70. The average Bonchev–Trinajstić information content (AvgIpc) is 2.69. The number of alkyl halides is 3. The summed E-state index contributed by atoms with van der Waals surface area (Å²) in [6.45, 7) is 1.30. The van der Waals surface area contributed by atoms with Crippen LogP contribution in [-0.4, -0.2) is 11.9 Å². The third-order valence-corrected chi connectivity index (χ3v) is 4.43. The van der Waals surface area contributed by atoms with Gasteiger partial charge in [0.15, 0.2) is 0 Å². The van der Waals surface area contributed by atoms with Gasteiger partial charge in [0.25, 0.3) is 5.91 Å². The smallest absolute Gasteiger partial charge is 0.416 e. The Morgan fingerprint density at radius 2 is 1.63 bits per heavy atom. The molecule has 0 bridgehead atoms. The molecule has 0 atom stereocenters. The lowest BCUT2D eigenvalue weighted by Crippen LogP contribution is -2.13. The van der Waals surface area contributed by atoms with E-state index in [1.807, 2.05) is 0 Å². The quantitative estimate of drug-likeness (QED) is 0.393. The van der Waals surface area contributed by atoms with E-state index in [0.29, 0.717) is 11.3 Å². The zero-order valence-corrected chi connectivity index (χ0v) is 16.3. The van der Waals surface area contributed by atoms with Crippen molar-refractivity contribution in [3.63, 3.8) is 0 Å². The number of benzene rings is 3. The fraction of sp³-hybridized carbons (Fsp3) is 0.0909. The highest BCUT2D eigenvalue weighted by atomic mass is 35.5. The van der Waals surface area contributed by atoms with E-state index < -0.39 is 23.6 Å². The average molecular weight is 434 g/mol. The number of carbonyl (C=O) groups is 2. The van der Waals surface area contributed by atoms with E-state index in [4.69, 9.17) is 16.3 Å². The SMILES string of the molecule is CC(=O)Oc1ccc(-c2cccc(C(=O)Nc3ccc(C(F)(F)F)cc3Cl)c2)cc1. The van der Waals surface area contributed by atoms with Crippen LogP contribution in [0.2, 0.25) is 5.02 Å².